The van der Waals surface area contributed by atoms with Crippen molar-refractivity contribution in [3.05, 3.63) is 0 Å². The van der Waals surface area contributed by atoms with Gasteiger partial charge in [-0.1, -0.05) is 26.2 Å². The fourth-order valence-electron chi connectivity index (χ4n) is 1.69. The first kappa shape index (κ1) is 23.2. The smallest absolute Gasteiger partial charge is 0.211 e. The lowest BCUT2D eigenvalue weighted by molar-refractivity contribution is 0.546. The first-order chi connectivity index (χ1) is 9.45. The summed E-state index contributed by atoms with van der Waals surface area (Å²) in [4.78, 5) is 4.13. The van der Waals surface area contributed by atoms with Crippen molar-refractivity contribution in [3.63, 3.8) is 0 Å². The molecule has 0 aromatic heterocycles. The third kappa shape index (κ3) is 13.3. The maximum absolute atomic E-state index is 11.3. The molecular weight excluding hydrogens is 403 g/mol. The Labute approximate surface area is 147 Å². The zero-order chi connectivity index (χ0) is 15.4. The zero-order valence-electron chi connectivity index (χ0n) is 13.6. The molecule has 0 aromatic rings. The largest absolute Gasteiger partial charge is 0.355 e. The van der Waals surface area contributed by atoms with Gasteiger partial charge in [-0.3, -0.25) is 4.99 Å². The lowest BCUT2D eigenvalue weighted by Crippen LogP contribution is -2.44. The molecule has 0 aromatic carbocycles. The van der Waals surface area contributed by atoms with Gasteiger partial charge >= 0.3 is 0 Å². The van der Waals surface area contributed by atoms with Crippen LogP contribution in [-0.2, 0) is 10.0 Å². The zero-order valence-corrected chi connectivity index (χ0v) is 16.8. The van der Waals surface area contributed by atoms with Gasteiger partial charge in [0.1, 0.15) is 0 Å². The Balaban J connectivity index is 0. The van der Waals surface area contributed by atoms with E-state index in [0.717, 1.165) is 6.42 Å². The van der Waals surface area contributed by atoms with E-state index in [1.165, 1.54) is 19.3 Å². The predicted octanol–water partition coefficient (Wildman–Crippen LogP) is 1.68. The summed E-state index contributed by atoms with van der Waals surface area (Å²) >= 11 is 0. The molecule has 21 heavy (non-hydrogen) atoms. The number of halogens is 1. The van der Waals surface area contributed by atoms with E-state index in [4.69, 9.17) is 0 Å². The van der Waals surface area contributed by atoms with Gasteiger partial charge in [0.2, 0.25) is 10.0 Å². The molecule has 0 aliphatic rings. The van der Waals surface area contributed by atoms with Crippen molar-refractivity contribution in [2.24, 2.45) is 4.99 Å². The first-order valence-corrected chi connectivity index (χ1v) is 9.04. The Bertz CT molecular complexity index is 374. The quantitative estimate of drug-likeness (QED) is 0.212. The van der Waals surface area contributed by atoms with Crippen molar-refractivity contribution < 1.29 is 8.42 Å². The van der Waals surface area contributed by atoms with Crippen LogP contribution in [0.25, 0.3) is 0 Å². The van der Waals surface area contributed by atoms with Gasteiger partial charge in [-0.05, 0) is 20.3 Å². The van der Waals surface area contributed by atoms with Crippen molar-refractivity contribution >= 4 is 40.0 Å². The number of sulfonamides is 1. The van der Waals surface area contributed by atoms with Crippen LogP contribution in [0.4, 0.5) is 0 Å². The average Bonchev–Trinajstić information content (AvgIpc) is 2.42. The van der Waals surface area contributed by atoms with E-state index < -0.39 is 10.0 Å². The molecule has 1 unspecified atom stereocenters. The number of rotatable bonds is 10. The third-order valence-corrected chi connectivity index (χ3v) is 4.37. The highest BCUT2D eigenvalue weighted by atomic mass is 127. The highest BCUT2D eigenvalue weighted by Crippen LogP contribution is 2.02. The molecule has 0 saturated heterocycles. The Morgan fingerprint density at radius 2 is 1.86 bits per heavy atom. The molecule has 0 saturated carbocycles. The van der Waals surface area contributed by atoms with Crippen LogP contribution in [0.15, 0.2) is 4.99 Å². The number of aliphatic imine (C=N–C) groups is 1. The van der Waals surface area contributed by atoms with Crippen LogP contribution in [0.1, 0.15) is 46.5 Å². The molecule has 128 valence electrons. The number of nitrogens with one attached hydrogen (secondary N) is 3. The minimum absolute atomic E-state index is 0. The highest BCUT2D eigenvalue weighted by molar-refractivity contribution is 14.0. The Kier molecular flexibility index (Phi) is 15.0. The van der Waals surface area contributed by atoms with Crippen molar-refractivity contribution in [1.82, 2.24) is 15.4 Å². The van der Waals surface area contributed by atoms with Gasteiger partial charge in [0.25, 0.3) is 0 Å². The molecule has 0 radical (unpaired) electrons. The first-order valence-electron chi connectivity index (χ1n) is 7.39. The van der Waals surface area contributed by atoms with Crippen LogP contribution >= 0.6 is 24.0 Å². The number of unbranched alkanes of at least 4 members (excludes halogenated alkanes) is 2. The Morgan fingerprint density at radius 3 is 2.38 bits per heavy atom. The molecule has 1 atom stereocenters. The van der Waals surface area contributed by atoms with Gasteiger partial charge in [0.05, 0.1) is 5.75 Å². The summed E-state index contributed by atoms with van der Waals surface area (Å²) in [5.74, 6) is 0.818. The van der Waals surface area contributed by atoms with Crippen LogP contribution in [0.5, 0.6) is 0 Å². The number of guanidine groups is 1. The summed E-state index contributed by atoms with van der Waals surface area (Å²) in [6.07, 6.45) is 4.78. The lowest BCUT2D eigenvalue weighted by Gasteiger charge is -2.17. The summed E-state index contributed by atoms with van der Waals surface area (Å²) in [6, 6.07) is 0.361. The van der Waals surface area contributed by atoms with E-state index in [1.807, 2.05) is 0 Å². The third-order valence-electron chi connectivity index (χ3n) is 2.97. The van der Waals surface area contributed by atoms with Gasteiger partial charge in [-0.25, -0.2) is 13.1 Å². The van der Waals surface area contributed by atoms with Gasteiger partial charge in [-0.15, -0.1) is 24.0 Å². The fraction of sp³-hybridized carbons (Fsp3) is 0.923. The summed E-state index contributed by atoms with van der Waals surface area (Å²) < 4.78 is 25.0. The molecule has 0 amide bonds. The number of hydrogen-bond acceptors (Lipinski definition) is 3. The van der Waals surface area contributed by atoms with Crippen LogP contribution in [0.3, 0.4) is 0 Å². The minimum Gasteiger partial charge on any atom is -0.355 e. The molecule has 0 aliphatic carbocycles. The molecule has 0 heterocycles. The van der Waals surface area contributed by atoms with Crippen molar-refractivity contribution in [3.8, 4) is 0 Å². The second-order valence-electron chi connectivity index (χ2n) is 4.84. The van der Waals surface area contributed by atoms with Crippen LogP contribution < -0.4 is 15.4 Å². The van der Waals surface area contributed by atoms with Gasteiger partial charge in [0.15, 0.2) is 5.96 Å². The Hall–Kier alpha value is -0.0900. The van der Waals surface area contributed by atoms with Gasteiger partial charge in [0, 0.05) is 26.2 Å². The van der Waals surface area contributed by atoms with Crippen molar-refractivity contribution in [2.75, 3.05) is 25.9 Å². The summed E-state index contributed by atoms with van der Waals surface area (Å²) in [6.45, 7) is 6.81. The molecule has 0 spiro atoms. The van der Waals surface area contributed by atoms with E-state index in [1.54, 1.807) is 14.0 Å². The van der Waals surface area contributed by atoms with Crippen molar-refractivity contribution in [2.45, 2.75) is 52.5 Å². The minimum atomic E-state index is -3.11. The van der Waals surface area contributed by atoms with E-state index in [-0.39, 0.29) is 29.7 Å². The fourth-order valence-corrected chi connectivity index (χ4v) is 2.31. The second-order valence-corrected chi connectivity index (χ2v) is 6.93. The molecule has 8 heteroatoms. The van der Waals surface area contributed by atoms with E-state index >= 15 is 0 Å². The van der Waals surface area contributed by atoms with Crippen molar-refractivity contribution in [1.29, 1.82) is 0 Å². The maximum Gasteiger partial charge on any atom is 0.211 e. The predicted molar refractivity (Wildman–Crippen MR) is 101 cm³/mol. The summed E-state index contributed by atoms with van der Waals surface area (Å²) in [5, 5.41) is 6.40. The molecule has 0 aliphatic heterocycles. The normalized spacial score (nSPS) is 13.4. The molecular formula is C13H31IN4O2S. The molecule has 0 fully saturated rings. The lowest BCUT2D eigenvalue weighted by atomic mass is 10.1. The van der Waals surface area contributed by atoms with Gasteiger partial charge in [-0.2, -0.15) is 0 Å². The SMILES string of the molecule is CCCCCC(C)NC(=NC)NCCNS(=O)(=O)CC.I. The van der Waals surface area contributed by atoms with Gasteiger partial charge < -0.3 is 10.6 Å². The monoisotopic (exact) mass is 434 g/mol. The van der Waals surface area contributed by atoms with Crippen LogP contribution in [0, 0.1) is 0 Å². The van der Waals surface area contributed by atoms with E-state index in [9.17, 15) is 8.42 Å². The number of nitrogens with zero attached hydrogens (tertiary/aromatic N) is 1. The highest BCUT2D eigenvalue weighted by Gasteiger charge is 2.06. The van der Waals surface area contributed by atoms with Crippen LogP contribution in [0.2, 0.25) is 0 Å². The number of hydrogen-bond donors (Lipinski definition) is 3. The average molecular weight is 434 g/mol. The molecule has 0 bridgehead atoms. The molecule has 3 N–H and O–H groups in total. The second kappa shape index (κ2) is 13.6. The molecule has 6 nitrogen and oxygen atoms in total. The van der Waals surface area contributed by atoms with E-state index in [2.05, 4.69) is 34.2 Å². The molecule has 0 rings (SSSR count). The standard InChI is InChI=1S/C13H30N4O2S.HI/c1-5-7-8-9-12(3)17-13(14-4)15-10-11-16-20(18,19)6-2;/h12,16H,5-11H2,1-4H3,(H2,14,15,17);1H. The summed E-state index contributed by atoms with van der Waals surface area (Å²) in [7, 11) is -1.40. The van der Waals surface area contributed by atoms with E-state index in [0.29, 0.717) is 25.1 Å². The Morgan fingerprint density at radius 1 is 1.19 bits per heavy atom. The topological polar surface area (TPSA) is 82.6 Å². The summed E-state index contributed by atoms with van der Waals surface area (Å²) in [5.41, 5.74) is 0. The van der Waals surface area contributed by atoms with Crippen LogP contribution in [-0.4, -0.2) is 46.3 Å². The maximum atomic E-state index is 11.3.